The molecular weight excluding hydrogens is 210 g/mol. The van der Waals surface area contributed by atoms with Crippen molar-refractivity contribution in [3.8, 4) is 17.0 Å². The van der Waals surface area contributed by atoms with Crippen molar-refractivity contribution < 1.29 is 19.1 Å². The fourth-order valence-corrected chi connectivity index (χ4v) is 1.29. The Kier molecular flexibility index (Phi) is 2.59. The first-order valence-corrected chi connectivity index (χ1v) is 4.54. The molecule has 0 amide bonds. The van der Waals surface area contributed by atoms with Gasteiger partial charge in [0.1, 0.15) is 17.7 Å². The largest absolute Gasteiger partial charge is 0.497 e. The van der Waals surface area contributed by atoms with E-state index in [9.17, 15) is 4.79 Å². The van der Waals surface area contributed by atoms with Crippen molar-refractivity contribution in [2.45, 2.75) is 0 Å². The minimum Gasteiger partial charge on any atom is -0.497 e. The summed E-state index contributed by atoms with van der Waals surface area (Å²) >= 11 is 0. The highest BCUT2D eigenvalue weighted by Crippen LogP contribution is 2.22. The van der Waals surface area contributed by atoms with Crippen LogP contribution in [0.15, 0.2) is 34.9 Å². The topological polar surface area (TPSA) is 72.6 Å². The van der Waals surface area contributed by atoms with Gasteiger partial charge in [-0.2, -0.15) is 0 Å². The zero-order valence-electron chi connectivity index (χ0n) is 8.51. The molecule has 1 aromatic carbocycles. The van der Waals surface area contributed by atoms with Gasteiger partial charge in [-0.1, -0.05) is 12.1 Å². The standard InChI is InChI=1S/C11H9NO4/c1-15-8-4-2-3-7(5-8)9-6-16-10(12-9)11(13)14/h2-6H,1H3,(H,13,14). The maximum atomic E-state index is 10.6. The quantitative estimate of drug-likeness (QED) is 0.855. The van der Waals surface area contributed by atoms with E-state index in [0.29, 0.717) is 11.4 Å². The number of ether oxygens (including phenoxy) is 1. The van der Waals surface area contributed by atoms with Gasteiger partial charge in [-0.25, -0.2) is 9.78 Å². The summed E-state index contributed by atoms with van der Waals surface area (Å²) in [5, 5.41) is 8.66. The van der Waals surface area contributed by atoms with Crippen LogP contribution in [-0.4, -0.2) is 23.2 Å². The number of benzene rings is 1. The van der Waals surface area contributed by atoms with Crippen molar-refractivity contribution in [3.05, 3.63) is 36.4 Å². The Morgan fingerprint density at radius 1 is 1.50 bits per heavy atom. The fourth-order valence-electron chi connectivity index (χ4n) is 1.29. The summed E-state index contributed by atoms with van der Waals surface area (Å²) in [6, 6.07) is 7.14. The van der Waals surface area contributed by atoms with Crippen molar-refractivity contribution in [2.75, 3.05) is 7.11 Å². The van der Waals surface area contributed by atoms with Crippen LogP contribution in [0.25, 0.3) is 11.3 Å². The first kappa shape index (κ1) is 10.2. The lowest BCUT2D eigenvalue weighted by molar-refractivity contribution is 0.0653. The molecule has 5 nitrogen and oxygen atoms in total. The van der Waals surface area contributed by atoms with E-state index in [2.05, 4.69) is 4.98 Å². The van der Waals surface area contributed by atoms with Crippen LogP contribution in [0.1, 0.15) is 10.7 Å². The SMILES string of the molecule is COc1cccc(-c2coc(C(=O)O)n2)c1. The number of nitrogens with zero attached hydrogens (tertiary/aromatic N) is 1. The molecule has 0 aliphatic heterocycles. The van der Waals surface area contributed by atoms with Crippen molar-refractivity contribution in [1.29, 1.82) is 0 Å². The average molecular weight is 219 g/mol. The first-order valence-electron chi connectivity index (χ1n) is 4.54. The number of oxazole rings is 1. The molecule has 82 valence electrons. The van der Waals surface area contributed by atoms with Gasteiger partial charge in [0, 0.05) is 5.56 Å². The second-order valence-electron chi connectivity index (χ2n) is 3.08. The van der Waals surface area contributed by atoms with Crippen LogP contribution in [0.5, 0.6) is 5.75 Å². The predicted molar refractivity (Wildman–Crippen MR) is 55.5 cm³/mol. The molecule has 0 unspecified atom stereocenters. The highest BCUT2D eigenvalue weighted by molar-refractivity contribution is 5.83. The summed E-state index contributed by atoms with van der Waals surface area (Å²) in [6.07, 6.45) is 1.30. The van der Waals surface area contributed by atoms with Crippen molar-refractivity contribution in [3.63, 3.8) is 0 Å². The number of carboxylic acid groups (broad SMARTS) is 1. The van der Waals surface area contributed by atoms with E-state index in [0.717, 1.165) is 5.56 Å². The van der Waals surface area contributed by atoms with Crippen LogP contribution in [0.2, 0.25) is 0 Å². The summed E-state index contributed by atoms with van der Waals surface area (Å²) in [5.74, 6) is -0.829. The fraction of sp³-hybridized carbons (Fsp3) is 0.0909. The van der Waals surface area contributed by atoms with Crippen LogP contribution >= 0.6 is 0 Å². The minimum absolute atomic E-state index is 0.321. The summed E-state index contributed by atoms with van der Waals surface area (Å²) in [7, 11) is 1.56. The smallest absolute Gasteiger partial charge is 0.392 e. The molecule has 0 radical (unpaired) electrons. The van der Waals surface area contributed by atoms with E-state index in [4.69, 9.17) is 14.3 Å². The van der Waals surface area contributed by atoms with Gasteiger partial charge in [-0.3, -0.25) is 0 Å². The summed E-state index contributed by atoms with van der Waals surface area (Å²) < 4.78 is 9.86. The van der Waals surface area contributed by atoms with Crippen LogP contribution in [0, 0.1) is 0 Å². The molecule has 0 aliphatic rings. The first-order chi connectivity index (χ1) is 7.70. The average Bonchev–Trinajstić information content (AvgIpc) is 2.78. The molecule has 0 aliphatic carbocycles. The van der Waals surface area contributed by atoms with E-state index in [-0.39, 0.29) is 5.89 Å². The Bertz CT molecular complexity index is 518. The Labute approximate surface area is 91.3 Å². The lowest BCUT2D eigenvalue weighted by Crippen LogP contribution is -1.95. The molecule has 5 heteroatoms. The van der Waals surface area contributed by atoms with E-state index in [1.165, 1.54) is 6.26 Å². The number of carboxylic acids is 1. The monoisotopic (exact) mass is 219 g/mol. The summed E-state index contributed by atoms with van der Waals surface area (Å²) in [5.41, 5.74) is 1.21. The second kappa shape index (κ2) is 4.06. The molecule has 0 atom stereocenters. The molecular formula is C11H9NO4. The molecule has 2 aromatic rings. The van der Waals surface area contributed by atoms with Gasteiger partial charge in [0.2, 0.25) is 0 Å². The third-order valence-corrected chi connectivity index (χ3v) is 2.05. The van der Waals surface area contributed by atoms with Crippen LogP contribution in [0.3, 0.4) is 0 Å². The normalized spacial score (nSPS) is 10.1. The van der Waals surface area contributed by atoms with Gasteiger partial charge in [-0.05, 0) is 12.1 Å². The second-order valence-corrected chi connectivity index (χ2v) is 3.08. The maximum absolute atomic E-state index is 10.6. The minimum atomic E-state index is -1.19. The molecule has 0 fully saturated rings. The number of methoxy groups -OCH3 is 1. The third-order valence-electron chi connectivity index (χ3n) is 2.05. The van der Waals surface area contributed by atoms with Crippen molar-refractivity contribution in [1.82, 2.24) is 4.98 Å². The number of rotatable bonds is 3. The highest BCUT2D eigenvalue weighted by atomic mass is 16.5. The molecule has 0 spiro atoms. The van der Waals surface area contributed by atoms with Crippen LogP contribution in [0.4, 0.5) is 0 Å². The van der Waals surface area contributed by atoms with Gasteiger partial charge in [-0.15, -0.1) is 0 Å². The molecule has 0 saturated heterocycles. The molecule has 1 aromatic heterocycles. The summed E-state index contributed by atoms with van der Waals surface area (Å²) in [4.78, 5) is 14.4. The van der Waals surface area contributed by atoms with Crippen molar-refractivity contribution >= 4 is 5.97 Å². The van der Waals surface area contributed by atoms with Gasteiger partial charge in [0.05, 0.1) is 7.11 Å². The molecule has 0 bridgehead atoms. The maximum Gasteiger partial charge on any atom is 0.392 e. The molecule has 2 rings (SSSR count). The third kappa shape index (κ3) is 1.88. The van der Waals surface area contributed by atoms with Crippen LogP contribution < -0.4 is 4.74 Å². The Morgan fingerprint density at radius 3 is 2.94 bits per heavy atom. The summed E-state index contributed by atoms with van der Waals surface area (Å²) in [6.45, 7) is 0. The molecule has 1 heterocycles. The number of aromatic carboxylic acids is 1. The zero-order valence-corrected chi connectivity index (χ0v) is 8.51. The van der Waals surface area contributed by atoms with Crippen molar-refractivity contribution in [2.24, 2.45) is 0 Å². The van der Waals surface area contributed by atoms with E-state index >= 15 is 0 Å². The predicted octanol–water partition coefficient (Wildman–Crippen LogP) is 2.05. The van der Waals surface area contributed by atoms with E-state index in [1.54, 1.807) is 31.4 Å². The van der Waals surface area contributed by atoms with Gasteiger partial charge in [0.25, 0.3) is 0 Å². The zero-order chi connectivity index (χ0) is 11.5. The lowest BCUT2D eigenvalue weighted by atomic mass is 10.2. The highest BCUT2D eigenvalue weighted by Gasteiger charge is 2.12. The Hall–Kier alpha value is -2.30. The number of carbonyl (C=O) groups is 1. The Morgan fingerprint density at radius 2 is 2.31 bits per heavy atom. The van der Waals surface area contributed by atoms with Gasteiger partial charge in [0.15, 0.2) is 0 Å². The lowest BCUT2D eigenvalue weighted by Gasteiger charge is -2.00. The van der Waals surface area contributed by atoms with E-state index < -0.39 is 5.97 Å². The number of hydrogen-bond donors (Lipinski definition) is 1. The van der Waals surface area contributed by atoms with Gasteiger partial charge < -0.3 is 14.3 Å². The number of aromatic nitrogens is 1. The van der Waals surface area contributed by atoms with Gasteiger partial charge >= 0.3 is 11.9 Å². The number of hydrogen-bond acceptors (Lipinski definition) is 4. The Balaban J connectivity index is 2.38. The van der Waals surface area contributed by atoms with E-state index in [1.807, 2.05) is 0 Å². The molecule has 16 heavy (non-hydrogen) atoms. The van der Waals surface area contributed by atoms with Crippen LogP contribution in [-0.2, 0) is 0 Å². The molecule has 1 N–H and O–H groups in total. The molecule has 0 saturated carbocycles.